The van der Waals surface area contributed by atoms with Gasteiger partial charge in [0.15, 0.2) is 0 Å². The van der Waals surface area contributed by atoms with Crippen molar-refractivity contribution in [3.05, 3.63) is 0 Å². The van der Waals surface area contributed by atoms with Gasteiger partial charge in [0, 0.05) is 25.9 Å². The lowest BCUT2D eigenvalue weighted by atomic mass is 10.0. The molecule has 2 aliphatic rings. The van der Waals surface area contributed by atoms with E-state index in [0.29, 0.717) is 31.8 Å². The van der Waals surface area contributed by atoms with Crippen LogP contribution in [0.15, 0.2) is 0 Å². The first-order chi connectivity index (χ1) is 10.5. The Balaban J connectivity index is 1.77. The van der Waals surface area contributed by atoms with Crippen LogP contribution in [-0.4, -0.2) is 50.5 Å². The highest BCUT2D eigenvalue weighted by atomic mass is 32.2. The minimum absolute atomic E-state index is 0.0154. The predicted molar refractivity (Wildman–Crippen MR) is 88.6 cm³/mol. The number of carbonyl (C=O) groups excluding carboxylic acids is 1. The van der Waals surface area contributed by atoms with E-state index < -0.39 is 9.84 Å². The number of amides is 2. The highest BCUT2D eigenvalue weighted by molar-refractivity contribution is 7.91. The summed E-state index contributed by atoms with van der Waals surface area (Å²) in [5.74, 6) is 0.613. The first-order valence-electron chi connectivity index (χ1n) is 8.68. The summed E-state index contributed by atoms with van der Waals surface area (Å²) in [7, 11) is -2.99. The molecule has 2 rings (SSSR count). The van der Waals surface area contributed by atoms with Gasteiger partial charge < -0.3 is 10.2 Å². The number of likely N-dealkylation sites (tertiary alicyclic amines) is 1. The molecule has 0 spiro atoms. The van der Waals surface area contributed by atoms with Gasteiger partial charge in [-0.05, 0) is 38.0 Å². The maximum absolute atomic E-state index is 12.3. The summed E-state index contributed by atoms with van der Waals surface area (Å²) in [4.78, 5) is 14.1. The number of urea groups is 1. The van der Waals surface area contributed by atoms with Crippen LogP contribution in [0.25, 0.3) is 0 Å². The summed E-state index contributed by atoms with van der Waals surface area (Å²) >= 11 is 0. The van der Waals surface area contributed by atoms with Crippen LogP contribution >= 0.6 is 0 Å². The number of hydrogen-bond acceptors (Lipinski definition) is 3. The van der Waals surface area contributed by atoms with Crippen LogP contribution in [0.3, 0.4) is 0 Å². The largest absolute Gasteiger partial charge is 0.338 e. The maximum atomic E-state index is 12.3. The van der Waals surface area contributed by atoms with Crippen LogP contribution in [0.2, 0.25) is 0 Å². The fourth-order valence-electron chi connectivity index (χ4n) is 3.61. The van der Waals surface area contributed by atoms with Gasteiger partial charge in [-0.2, -0.15) is 0 Å². The van der Waals surface area contributed by atoms with Gasteiger partial charge in [0.05, 0.1) is 5.25 Å². The van der Waals surface area contributed by atoms with Crippen LogP contribution < -0.4 is 5.32 Å². The quantitative estimate of drug-likeness (QED) is 0.809. The molecule has 2 amide bonds. The van der Waals surface area contributed by atoms with Gasteiger partial charge >= 0.3 is 6.03 Å². The molecule has 2 fully saturated rings. The zero-order valence-corrected chi connectivity index (χ0v) is 14.5. The molecule has 0 aromatic heterocycles. The third-order valence-corrected chi connectivity index (χ3v) is 6.77. The molecule has 1 saturated heterocycles. The Morgan fingerprint density at radius 2 is 1.68 bits per heavy atom. The molecule has 6 heteroatoms. The van der Waals surface area contributed by atoms with Crippen molar-refractivity contribution in [2.24, 2.45) is 5.92 Å². The van der Waals surface area contributed by atoms with E-state index in [1.165, 1.54) is 44.8 Å². The van der Waals surface area contributed by atoms with Crippen LogP contribution in [-0.2, 0) is 9.84 Å². The molecule has 22 heavy (non-hydrogen) atoms. The van der Waals surface area contributed by atoms with Crippen LogP contribution in [0.1, 0.15) is 57.8 Å². The van der Waals surface area contributed by atoms with E-state index in [0.717, 1.165) is 13.0 Å². The van der Waals surface area contributed by atoms with Gasteiger partial charge in [-0.3, -0.25) is 0 Å². The number of carbonyl (C=O) groups is 1. The van der Waals surface area contributed by atoms with Crippen LogP contribution in [0.4, 0.5) is 4.79 Å². The van der Waals surface area contributed by atoms with E-state index >= 15 is 0 Å². The average molecular weight is 330 g/mol. The first kappa shape index (κ1) is 17.6. The van der Waals surface area contributed by atoms with E-state index in [1.807, 2.05) is 0 Å². The number of sulfone groups is 1. The highest BCUT2D eigenvalue weighted by Gasteiger charge is 2.26. The van der Waals surface area contributed by atoms with E-state index in [-0.39, 0.29) is 11.3 Å². The highest BCUT2D eigenvalue weighted by Crippen LogP contribution is 2.22. The number of hydrogen-bond donors (Lipinski definition) is 1. The van der Waals surface area contributed by atoms with Crippen molar-refractivity contribution in [1.82, 2.24) is 10.2 Å². The summed E-state index contributed by atoms with van der Waals surface area (Å²) in [5, 5.41) is 2.78. The minimum atomic E-state index is -2.99. The molecular formula is C16H30N2O3S. The molecular weight excluding hydrogens is 300 g/mol. The van der Waals surface area contributed by atoms with Crippen molar-refractivity contribution in [3.8, 4) is 0 Å². The zero-order valence-electron chi connectivity index (χ0n) is 13.7. The minimum Gasteiger partial charge on any atom is -0.338 e. The van der Waals surface area contributed by atoms with E-state index in [9.17, 15) is 13.2 Å². The van der Waals surface area contributed by atoms with Crippen molar-refractivity contribution in [2.75, 3.05) is 25.9 Å². The predicted octanol–water partition coefficient (Wildman–Crippen LogP) is 2.57. The molecule has 128 valence electrons. The molecule has 1 aliphatic heterocycles. The molecule has 1 saturated carbocycles. The summed E-state index contributed by atoms with van der Waals surface area (Å²) < 4.78 is 23.3. The van der Waals surface area contributed by atoms with Crippen molar-refractivity contribution in [1.29, 1.82) is 0 Å². The van der Waals surface area contributed by atoms with Gasteiger partial charge in [0.2, 0.25) is 0 Å². The maximum Gasteiger partial charge on any atom is 0.317 e. The second-order valence-corrected chi connectivity index (χ2v) is 9.24. The standard InChI is InChI=1S/C16H30N2O3S/c1-22(20,21)15-9-6-11-18(12-10-15)16(19)17-13-14-7-4-2-3-5-8-14/h14-15H,2-13H2,1H3,(H,17,19). The Morgan fingerprint density at radius 3 is 2.32 bits per heavy atom. The molecule has 1 atom stereocenters. The third-order valence-electron chi connectivity index (χ3n) is 5.08. The van der Waals surface area contributed by atoms with Crippen LogP contribution in [0.5, 0.6) is 0 Å². The summed E-state index contributed by atoms with van der Waals surface area (Å²) in [6.45, 7) is 1.99. The second-order valence-electron chi connectivity index (χ2n) is 6.91. The summed E-state index contributed by atoms with van der Waals surface area (Å²) in [6, 6.07) is -0.0154. The smallest absolute Gasteiger partial charge is 0.317 e. The third kappa shape index (κ3) is 5.45. The SMILES string of the molecule is CS(=O)(=O)C1CCCN(C(=O)NCC2CCCCCC2)CC1. The molecule has 1 N–H and O–H groups in total. The molecule has 5 nitrogen and oxygen atoms in total. The van der Waals surface area contributed by atoms with E-state index in [4.69, 9.17) is 0 Å². The monoisotopic (exact) mass is 330 g/mol. The molecule has 1 unspecified atom stereocenters. The summed E-state index contributed by atoms with van der Waals surface area (Å²) in [5.41, 5.74) is 0. The Morgan fingerprint density at radius 1 is 1.00 bits per heavy atom. The lowest BCUT2D eigenvalue weighted by Gasteiger charge is -2.23. The Bertz CT molecular complexity index is 456. The average Bonchev–Trinajstić information content (AvgIpc) is 2.86. The Labute approximate surface area is 134 Å². The van der Waals surface area contributed by atoms with Crippen molar-refractivity contribution in [2.45, 2.75) is 63.0 Å². The fourth-order valence-corrected chi connectivity index (χ4v) is 4.74. The number of nitrogens with zero attached hydrogens (tertiary/aromatic N) is 1. The van der Waals surface area contributed by atoms with Crippen LogP contribution in [0, 0.1) is 5.92 Å². The Kier molecular flexibility index (Phi) is 6.53. The van der Waals surface area contributed by atoms with Crippen molar-refractivity contribution < 1.29 is 13.2 Å². The lowest BCUT2D eigenvalue weighted by molar-refractivity contribution is 0.197. The first-order valence-corrected chi connectivity index (χ1v) is 10.6. The molecule has 0 aromatic carbocycles. The molecule has 1 heterocycles. The van der Waals surface area contributed by atoms with Gasteiger partial charge in [-0.25, -0.2) is 13.2 Å². The van der Waals surface area contributed by atoms with Crippen molar-refractivity contribution >= 4 is 15.9 Å². The van der Waals surface area contributed by atoms with E-state index in [2.05, 4.69) is 5.32 Å². The van der Waals surface area contributed by atoms with Crippen molar-refractivity contribution in [3.63, 3.8) is 0 Å². The zero-order chi connectivity index (χ0) is 16.0. The second kappa shape index (κ2) is 8.18. The normalized spacial score (nSPS) is 25.3. The van der Waals surface area contributed by atoms with Gasteiger partial charge in [0.1, 0.15) is 9.84 Å². The van der Waals surface area contributed by atoms with E-state index in [1.54, 1.807) is 4.90 Å². The summed E-state index contributed by atoms with van der Waals surface area (Å²) in [6.07, 6.45) is 11.0. The topological polar surface area (TPSA) is 66.5 Å². The lowest BCUT2D eigenvalue weighted by Crippen LogP contribution is -2.42. The molecule has 0 bridgehead atoms. The number of rotatable bonds is 3. The Hall–Kier alpha value is -0.780. The molecule has 1 aliphatic carbocycles. The number of nitrogens with one attached hydrogen (secondary N) is 1. The molecule has 0 aromatic rings. The molecule has 0 radical (unpaired) electrons. The fraction of sp³-hybridized carbons (Fsp3) is 0.938. The van der Waals surface area contributed by atoms with Gasteiger partial charge in [-0.15, -0.1) is 0 Å². The van der Waals surface area contributed by atoms with Gasteiger partial charge in [-0.1, -0.05) is 25.7 Å². The van der Waals surface area contributed by atoms with Gasteiger partial charge in [0.25, 0.3) is 0 Å².